The molecule has 1 nitrogen and oxygen atoms in total. The minimum absolute atomic E-state index is 0.756. The number of hydrogen-bond donors (Lipinski definition) is 1. The average molecular weight is 229 g/mol. The summed E-state index contributed by atoms with van der Waals surface area (Å²) in [5, 5.41) is 9.77. The number of halogens is 1. The second-order valence-electron chi connectivity index (χ2n) is 3.47. The van der Waals surface area contributed by atoms with Crippen LogP contribution in [0.1, 0.15) is 25.0 Å². The standard InChI is InChI=1S/C10H13BrO/c1-7-8(10(2,3)12)5-4-6-9(7)11/h4-6,12H,1-3H3. The lowest BCUT2D eigenvalue weighted by molar-refractivity contribution is 0.0778. The summed E-state index contributed by atoms with van der Waals surface area (Å²) in [5.41, 5.74) is 1.32. The first kappa shape index (κ1) is 9.75. The molecule has 0 bridgehead atoms. The molecule has 1 N–H and O–H groups in total. The van der Waals surface area contributed by atoms with Crippen molar-refractivity contribution in [2.24, 2.45) is 0 Å². The fourth-order valence-corrected chi connectivity index (χ4v) is 1.64. The van der Waals surface area contributed by atoms with E-state index < -0.39 is 5.60 Å². The number of aliphatic hydroxyl groups is 1. The molecule has 0 aliphatic carbocycles. The topological polar surface area (TPSA) is 20.2 Å². The van der Waals surface area contributed by atoms with Gasteiger partial charge in [-0.05, 0) is 38.0 Å². The molecule has 0 aliphatic rings. The molecule has 0 aromatic heterocycles. The van der Waals surface area contributed by atoms with Crippen LogP contribution in [-0.4, -0.2) is 5.11 Å². The Morgan fingerprint density at radius 1 is 1.33 bits per heavy atom. The Hall–Kier alpha value is -0.340. The Morgan fingerprint density at radius 2 is 1.92 bits per heavy atom. The molecule has 0 unspecified atom stereocenters. The van der Waals surface area contributed by atoms with Crippen molar-refractivity contribution in [3.05, 3.63) is 33.8 Å². The number of rotatable bonds is 1. The summed E-state index contributed by atoms with van der Waals surface area (Å²) >= 11 is 3.43. The molecule has 0 atom stereocenters. The predicted octanol–water partition coefficient (Wildman–Crippen LogP) is 2.98. The van der Waals surface area contributed by atoms with E-state index in [0.717, 1.165) is 15.6 Å². The maximum atomic E-state index is 9.77. The summed E-state index contributed by atoms with van der Waals surface area (Å²) in [7, 11) is 0. The first-order valence-corrected chi connectivity index (χ1v) is 4.70. The van der Waals surface area contributed by atoms with Gasteiger partial charge in [-0.15, -0.1) is 0 Å². The van der Waals surface area contributed by atoms with Gasteiger partial charge in [-0.25, -0.2) is 0 Å². The van der Waals surface area contributed by atoms with Gasteiger partial charge in [-0.3, -0.25) is 0 Å². The molecule has 2 heteroatoms. The molecule has 0 saturated carbocycles. The maximum Gasteiger partial charge on any atom is 0.0843 e. The van der Waals surface area contributed by atoms with Crippen molar-refractivity contribution in [3.63, 3.8) is 0 Å². The summed E-state index contributed by atoms with van der Waals surface area (Å²) < 4.78 is 1.04. The van der Waals surface area contributed by atoms with E-state index in [0.29, 0.717) is 0 Å². The Kier molecular flexibility index (Phi) is 2.59. The van der Waals surface area contributed by atoms with Crippen LogP contribution in [0.2, 0.25) is 0 Å². The summed E-state index contributed by atoms with van der Waals surface area (Å²) in [6.07, 6.45) is 0. The van der Waals surface area contributed by atoms with Gasteiger partial charge in [-0.1, -0.05) is 28.1 Å². The van der Waals surface area contributed by atoms with Crippen LogP contribution >= 0.6 is 15.9 Å². The highest BCUT2D eigenvalue weighted by Gasteiger charge is 2.18. The van der Waals surface area contributed by atoms with E-state index in [1.54, 1.807) is 13.8 Å². The molecule has 1 rings (SSSR count). The number of benzene rings is 1. The van der Waals surface area contributed by atoms with Crippen molar-refractivity contribution >= 4 is 15.9 Å². The van der Waals surface area contributed by atoms with Crippen molar-refractivity contribution in [1.82, 2.24) is 0 Å². The molecule has 0 aliphatic heterocycles. The van der Waals surface area contributed by atoms with E-state index >= 15 is 0 Å². The minimum atomic E-state index is -0.756. The molecule has 1 aromatic carbocycles. The van der Waals surface area contributed by atoms with Crippen LogP contribution in [-0.2, 0) is 5.60 Å². The van der Waals surface area contributed by atoms with Crippen molar-refractivity contribution in [1.29, 1.82) is 0 Å². The zero-order valence-corrected chi connectivity index (χ0v) is 9.14. The quantitative estimate of drug-likeness (QED) is 0.784. The third-order valence-corrected chi connectivity index (χ3v) is 2.79. The van der Waals surface area contributed by atoms with Gasteiger partial charge in [0.15, 0.2) is 0 Å². The Labute approximate surface area is 81.6 Å². The molecule has 0 radical (unpaired) electrons. The van der Waals surface area contributed by atoms with Crippen LogP contribution < -0.4 is 0 Å². The average Bonchev–Trinajstić information content (AvgIpc) is 1.92. The van der Waals surface area contributed by atoms with Gasteiger partial charge < -0.3 is 5.11 Å². The molecule has 0 saturated heterocycles. The smallest absolute Gasteiger partial charge is 0.0843 e. The lowest BCUT2D eigenvalue weighted by Gasteiger charge is -2.20. The van der Waals surface area contributed by atoms with E-state index in [9.17, 15) is 5.11 Å². The van der Waals surface area contributed by atoms with Gasteiger partial charge in [0.25, 0.3) is 0 Å². The third-order valence-electron chi connectivity index (χ3n) is 1.93. The predicted molar refractivity (Wildman–Crippen MR) is 54.1 cm³/mol. The first-order chi connectivity index (χ1) is 5.43. The van der Waals surface area contributed by atoms with Crippen LogP contribution in [0.5, 0.6) is 0 Å². The highest BCUT2D eigenvalue weighted by molar-refractivity contribution is 9.10. The Morgan fingerprint density at radius 3 is 2.33 bits per heavy atom. The SMILES string of the molecule is Cc1c(Br)cccc1C(C)(C)O. The van der Waals surface area contributed by atoms with Crippen LogP contribution in [0.25, 0.3) is 0 Å². The highest BCUT2D eigenvalue weighted by atomic mass is 79.9. The van der Waals surface area contributed by atoms with E-state index in [1.165, 1.54) is 0 Å². The van der Waals surface area contributed by atoms with Gasteiger partial charge >= 0.3 is 0 Å². The fraction of sp³-hybridized carbons (Fsp3) is 0.400. The molecule has 66 valence electrons. The summed E-state index contributed by atoms with van der Waals surface area (Å²) in [6.45, 7) is 5.58. The van der Waals surface area contributed by atoms with Gasteiger partial charge in [0.05, 0.1) is 5.60 Å². The molecular weight excluding hydrogens is 216 g/mol. The molecule has 0 heterocycles. The lowest BCUT2D eigenvalue weighted by atomic mass is 9.94. The third kappa shape index (κ3) is 1.87. The molecule has 1 aromatic rings. The van der Waals surface area contributed by atoms with E-state index in [1.807, 2.05) is 25.1 Å². The number of hydrogen-bond acceptors (Lipinski definition) is 1. The van der Waals surface area contributed by atoms with E-state index in [2.05, 4.69) is 15.9 Å². The van der Waals surface area contributed by atoms with E-state index in [4.69, 9.17) is 0 Å². The summed E-state index contributed by atoms with van der Waals surface area (Å²) in [6, 6.07) is 5.86. The Bertz CT molecular complexity index is 286. The van der Waals surface area contributed by atoms with E-state index in [-0.39, 0.29) is 0 Å². The second-order valence-corrected chi connectivity index (χ2v) is 4.33. The van der Waals surface area contributed by atoms with Crippen molar-refractivity contribution < 1.29 is 5.11 Å². The largest absolute Gasteiger partial charge is 0.386 e. The first-order valence-electron chi connectivity index (χ1n) is 3.91. The van der Waals surface area contributed by atoms with Crippen molar-refractivity contribution in [3.8, 4) is 0 Å². The molecular formula is C10H13BrO. The molecule has 12 heavy (non-hydrogen) atoms. The monoisotopic (exact) mass is 228 g/mol. The normalized spacial score (nSPS) is 11.8. The Balaban J connectivity index is 3.26. The summed E-state index contributed by atoms with van der Waals surface area (Å²) in [4.78, 5) is 0. The van der Waals surface area contributed by atoms with Crippen LogP contribution in [0.15, 0.2) is 22.7 Å². The zero-order valence-electron chi connectivity index (χ0n) is 7.56. The van der Waals surface area contributed by atoms with Crippen molar-refractivity contribution in [2.45, 2.75) is 26.4 Å². The minimum Gasteiger partial charge on any atom is -0.386 e. The van der Waals surface area contributed by atoms with Gasteiger partial charge in [0.2, 0.25) is 0 Å². The van der Waals surface area contributed by atoms with Crippen LogP contribution in [0.3, 0.4) is 0 Å². The summed E-state index contributed by atoms with van der Waals surface area (Å²) in [5.74, 6) is 0. The van der Waals surface area contributed by atoms with Crippen LogP contribution in [0, 0.1) is 6.92 Å². The fourth-order valence-electron chi connectivity index (χ4n) is 1.27. The van der Waals surface area contributed by atoms with Gasteiger partial charge in [0, 0.05) is 4.47 Å². The van der Waals surface area contributed by atoms with Crippen LogP contribution in [0.4, 0.5) is 0 Å². The van der Waals surface area contributed by atoms with Gasteiger partial charge in [-0.2, -0.15) is 0 Å². The second kappa shape index (κ2) is 3.19. The molecule has 0 amide bonds. The lowest BCUT2D eigenvalue weighted by Crippen LogP contribution is -2.17. The van der Waals surface area contributed by atoms with Crippen molar-refractivity contribution in [2.75, 3.05) is 0 Å². The zero-order chi connectivity index (χ0) is 9.35. The molecule has 0 fully saturated rings. The molecule has 0 spiro atoms. The van der Waals surface area contributed by atoms with Gasteiger partial charge in [0.1, 0.15) is 0 Å². The highest BCUT2D eigenvalue weighted by Crippen LogP contribution is 2.27. The maximum absolute atomic E-state index is 9.77.